The molecule has 0 bridgehead atoms. The number of hydrogen-bond donors (Lipinski definition) is 7. The van der Waals surface area contributed by atoms with Gasteiger partial charge < -0.3 is 45.4 Å². The van der Waals surface area contributed by atoms with Crippen molar-refractivity contribution in [2.75, 3.05) is 13.2 Å². The van der Waals surface area contributed by atoms with Crippen molar-refractivity contribution >= 4 is 5.91 Å². The highest BCUT2D eigenvalue weighted by atomic mass is 16.7. The molecule has 7 N–H and O–H groups in total. The summed E-state index contributed by atoms with van der Waals surface area (Å²) in [5, 5.41) is 65.0. The fraction of sp³-hybridized carbons (Fsp3) is 0.886. The molecule has 1 fully saturated rings. The third-order valence-electron chi connectivity index (χ3n) is 10.6. The van der Waals surface area contributed by atoms with Crippen LogP contribution in [-0.4, -0.2) is 98.7 Å². The average molecular weight is 770 g/mol. The van der Waals surface area contributed by atoms with Gasteiger partial charge in [0.2, 0.25) is 5.91 Å². The lowest BCUT2D eigenvalue weighted by Gasteiger charge is -2.40. The lowest BCUT2D eigenvalue weighted by atomic mass is 9.98. The second-order valence-corrected chi connectivity index (χ2v) is 15.6. The van der Waals surface area contributed by atoms with E-state index in [1.807, 2.05) is 0 Å². The van der Waals surface area contributed by atoms with Crippen LogP contribution in [0.15, 0.2) is 24.3 Å². The molecule has 0 radical (unpaired) electrons. The molecule has 0 aromatic heterocycles. The van der Waals surface area contributed by atoms with Crippen molar-refractivity contribution in [3.05, 3.63) is 24.3 Å². The summed E-state index contributed by atoms with van der Waals surface area (Å²) >= 11 is 0. The van der Waals surface area contributed by atoms with Crippen molar-refractivity contribution in [1.82, 2.24) is 5.32 Å². The minimum absolute atomic E-state index is 0.267. The van der Waals surface area contributed by atoms with Crippen LogP contribution in [-0.2, 0) is 14.3 Å². The van der Waals surface area contributed by atoms with Gasteiger partial charge in [0, 0.05) is 6.42 Å². The summed E-state index contributed by atoms with van der Waals surface area (Å²) in [6.07, 6.45) is 28.9. The van der Waals surface area contributed by atoms with Crippen molar-refractivity contribution in [2.24, 2.45) is 0 Å². The number of carbonyl (C=O) groups excluding carboxylic acids is 1. The highest BCUT2D eigenvalue weighted by Crippen LogP contribution is 2.23. The van der Waals surface area contributed by atoms with Crippen LogP contribution in [0.1, 0.15) is 187 Å². The topological polar surface area (TPSA) is 169 Å². The van der Waals surface area contributed by atoms with Gasteiger partial charge in [0.1, 0.15) is 30.5 Å². The van der Waals surface area contributed by atoms with Crippen LogP contribution in [0.25, 0.3) is 0 Å². The molecular formula is C44H83NO9. The van der Waals surface area contributed by atoms with Gasteiger partial charge in [-0.2, -0.15) is 0 Å². The quantitative estimate of drug-likeness (QED) is 0.0250. The number of allylic oxidation sites excluding steroid dienone is 4. The molecule has 318 valence electrons. The zero-order chi connectivity index (χ0) is 39.7. The fourth-order valence-corrected chi connectivity index (χ4v) is 6.99. The predicted molar refractivity (Wildman–Crippen MR) is 218 cm³/mol. The molecule has 54 heavy (non-hydrogen) atoms. The molecule has 1 aliphatic heterocycles. The molecule has 8 unspecified atom stereocenters. The Morgan fingerprint density at radius 2 is 1.13 bits per heavy atom. The predicted octanol–water partition coefficient (Wildman–Crippen LogP) is 7.69. The van der Waals surface area contributed by atoms with Crippen LogP contribution in [0.2, 0.25) is 0 Å². The van der Waals surface area contributed by atoms with Crippen molar-refractivity contribution < 1.29 is 44.9 Å². The number of unbranched alkanes of at least 4 members (excludes halogenated alkanes) is 21. The van der Waals surface area contributed by atoms with E-state index in [2.05, 4.69) is 43.5 Å². The first-order valence-electron chi connectivity index (χ1n) is 22.1. The van der Waals surface area contributed by atoms with Gasteiger partial charge in [-0.3, -0.25) is 4.79 Å². The van der Waals surface area contributed by atoms with Gasteiger partial charge in [-0.05, 0) is 44.9 Å². The van der Waals surface area contributed by atoms with Gasteiger partial charge in [0.15, 0.2) is 6.29 Å². The summed E-state index contributed by atoms with van der Waals surface area (Å²) in [6.45, 7) is 3.56. The number of ether oxygens (including phenoxy) is 2. The maximum atomic E-state index is 13.0. The molecule has 0 saturated carbocycles. The van der Waals surface area contributed by atoms with Gasteiger partial charge in [0.05, 0.1) is 25.4 Å². The zero-order valence-electron chi connectivity index (χ0n) is 34.3. The molecule has 10 nitrogen and oxygen atoms in total. The molecule has 1 saturated heterocycles. The molecule has 8 atom stereocenters. The summed E-state index contributed by atoms with van der Waals surface area (Å²) in [5.74, 6) is -0.267. The number of carbonyl (C=O) groups is 1. The third-order valence-corrected chi connectivity index (χ3v) is 10.6. The Labute approximate surface area is 329 Å². The van der Waals surface area contributed by atoms with Gasteiger partial charge >= 0.3 is 0 Å². The van der Waals surface area contributed by atoms with Crippen LogP contribution in [0.5, 0.6) is 0 Å². The Kier molecular flexibility index (Phi) is 32.7. The molecule has 1 amide bonds. The Morgan fingerprint density at radius 3 is 1.69 bits per heavy atom. The first kappa shape index (κ1) is 50.6. The molecule has 0 aromatic carbocycles. The van der Waals surface area contributed by atoms with Crippen molar-refractivity contribution in [2.45, 2.75) is 236 Å². The van der Waals surface area contributed by atoms with Gasteiger partial charge in [-0.15, -0.1) is 0 Å². The first-order chi connectivity index (χ1) is 26.3. The highest BCUT2D eigenvalue weighted by Gasteiger charge is 2.44. The maximum absolute atomic E-state index is 13.0. The smallest absolute Gasteiger partial charge is 0.220 e. The summed E-state index contributed by atoms with van der Waals surface area (Å²) in [4.78, 5) is 13.0. The van der Waals surface area contributed by atoms with Crippen molar-refractivity contribution in [3.63, 3.8) is 0 Å². The van der Waals surface area contributed by atoms with E-state index in [-0.39, 0.29) is 18.9 Å². The van der Waals surface area contributed by atoms with Crippen LogP contribution in [0.3, 0.4) is 0 Å². The number of nitrogens with one attached hydrogen (secondary N) is 1. The second-order valence-electron chi connectivity index (χ2n) is 15.6. The van der Waals surface area contributed by atoms with E-state index in [0.717, 1.165) is 57.8 Å². The molecule has 1 rings (SSSR count). The maximum Gasteiger partial charge on any atom is 0.220 e. The number of hydrogen-bond acceptors (Lipinski definition) is 9. The Hall–Kier alpha value is -1.37. The number of aliphatic hydroxyl groups is 6. The van der Waals surface area contributed by atoms with E-state index in [4.69, 9.17) is 9.47 Å². The minimum atomic E-state index is -1.61. The third kappa shape index (κ3) is 25.0. The van der Waals surface area contributed by atoms with E-state index in [0.29, 0.717) is 12.8 Å². The molecule has 1 aliphatic rings. The molecular weight excluding hydrogens is 686 g/mol. The van der Waals surface area contributed by atoms with Crippen LogP contribution in [0, 0.1) is 0 Å². The highest BCUT2D eigenvalue weighted by molar-refractivity contribution is 5.76. The normalized spacial score (nSPS) is 22.3. The molecule has 1 heterocycles. The summed E-state index contributed by atoms with van der Waals surface area (Å²) in [7, 11) is 0. The number of amides is 1. The van der Waals surface area contributed by atoms with Gasteiger partial charge in [-0.1, -0.05) is 160 Å². The first-order valence-corrected chi connectivity index (χ1v) is 22.1. The SMILES string of the molecule is CCCCC/C=C\C/C=C\CCCCCCCCCC(=O)NC(COC1OC(CO)C(O)C(O)C1O)C(O)C(O)CCCCCCCCCCCCCC. The molecule has 0 aliphatic carbocycles. The Bertz CT molecular complexity index is 916. The monoisotopic (exact) mass is 770 g/mol. The lowest BCUT2D eigenvalue weighted by molar-refractivity contribution is -0.303. The van der Waals surface area contributed by atoms with Crippen LogP contribution < -0.4 is 5.32 Å². The van der Waals surface area contributed by atoms with E-state index >= 15 is 0 Å². The van der Waals surface area contributed by atoms with Crippen molar-refractivity contribution in [3.8, 4) is 0 Å². The fourth-order valence-electron chi connectivity index (χ4n) is 6.99. The largest absolute Gasteiger partial charge is 0.394 e. The van der Waals surface area contributed by atoms with E-state index in [1.54, 1.807) is 0 Å². The average Bonchev–Trinajstić information content (AvgIpc) is 3.17. The van der Waals surface area contributed by atoms with E-state index < -0.39 is 55.6 Å². The molecule has 0 aromatic rings. The zero-order valence-corrected chi connectivity index (χ0v) is 34.3. The molecule has 10 heteroatoms. The lowest BCUT2D eigenvalue weighted by Crippen LogP contribution is -2.60. The molecule has 0 spiro atoms. The van der Waals surface area contributed by atoms with Gasteiger partial charge in [0.25, 0.3) is 0 Å². The van der Waals surface area contributed by atoms with Crippen molar-refractivity contribution in [1.29, 1.82) is 0 Å². The van der Waals surface area contributed by atoms with Crippen LogP contribution >= 0.6 is 0 Å². The Morgan fingerprint density at radius 1 is 0.648 bits per heavy atom. The van der Waals surface area contributed by atoms with Crippen LogP contribution in [0.4, 0.5) is 0 Å². The standard InChI is InChI=1S/C44H83NO9/c1-3-5-7-9-11-13-15-17-18-19-20-21-23-25-27-29-31-33-39(48)45-36(35-53-44-43(52)42(51)41(50)38(34-46)54-44)40(49)37(47)32-30-28-26-24-22-16-14-12-10-8-6-4-2/h11,13,17-18,36-38,40-44,46-47,49-52H,3-10,12,14-16,19-35H2,1-2H3,(H,45,48)/b13-11-,18-17-. The summed E-state index contributed by atoms with van der Waals surface area (Å²) in [6, 6.07) is -0.993. The Balaban J connectivity index is 2.42. The van der Waals surface area contributed by atoms with E-state index in [1.165, 1.54) is 96.3 Å². The number of rotatable bonds is 36. The minimum Gasteiger partial charge on any atom is -0.394 e. The van der Waals surface area contributed by atoms with Gasteiger partial charge in [-0.25, -0.2) is 0 Å². The number of aliphatic hydroxyl groups excluding tert-OH is 6. The second kappa shape index (κ2) is 34.8. The van der Waals surface area contributed by atoms with E-state index in [9.17, 15) is 35.4 Å². The summed E-state index contributed by atoms with van der Waals surface area (Å²) < 4.78 is 11.1. The summed E-state index contributed by atoms with van der Waals surface area (Å²) in [5.41, 5.74) is 0.